The number of methoxy groups -OCH3 is 1. The molecule has 0 heterocycles. The Bertz CT molecular complexity index is 542. The summed E-state index contributed by atoms with van der Waals surface area (Å²) in [5.74, 6) is 0.309. The molecule has 0 spiro atoms. The summed E-state index contributed by atoms with van der Waals surface area (Å²) in [6, 6.07) is 5.10. The lowest BCUT2D eigenvalue weighted by Crippen LogP contribution is -2.23. The fourth-order valence-electron chi connectivity index (χ4n) is 1.75. The van der Waals surface area contributed by atoms with Crippen molar-refractivity contribution in [2.75, 3.05) is 20.3 Å². The van der Waals surface area contributed by atoms with Gasteiger partial charge < -0.3 is 19.3 Å². The van der Waals surface area contributed by atoms with Crippen molar-refractivity contribution >= 4 is 11.8 Å². The van der Waals surface area contributed by atoms with Crippen molar-refractivity contribution in [3.63, 3.8) is 0 Å². The van der Waals surface area contributed by atoms with E-state index >= 15 is 0 Å². The first-order valence-corrected chi connectivity index (χ1v) is 7.52. The van der Waals surface area contributed by atoms with Crippen LogP contribution in [0.5, 0.6) is 5.75 Å². The van der Waals surface area contributed by atoms with Gasteiger partial charge in [0.05, 0.1) is 11.0 Å². The number of hydrogen-bond donors (Lipinski definition) is 1. The van der Waals surface area contributed by atoms with Crippen molar-refractivity contribution in [2.45, 2.75) is 25.9 Å². The number of nitro groups is 1. The maximum absolute atomic E-state index is 11.6. The predicted octanol–water partition coefficient (Wildman–Crippen LogP) is 2.78. The van der Waals surface area contributed by atoms with Gasteiger partial charge in [0.15, 0.2) is 0 Å². The summed E-state index contributed by atoms with van der Waals surface area (Å²) < 4.78 is 15.1. The van der Waals surface area contributed by atoms with Crippen LogP contribution >= 0.6 is 0 Å². The third-order valence-corrected chi connectivity index (χ3v) is 3.26. The highest BCUT2D eigenvalue weighted by atomic mass is 16.7. The quantitative estimate of drug-likeness (QED) is 0.239. The number of rotatable bonds is 9. The van der Waals surface area contributed by atoms with Crippen LogP contribution in [0.2, 0.25) is 0 Å². The molecule has 2 unspecified atom stereocenters. The second-order valence-electron chi connectivity index (χ2n) is 5.14. The molecule has 0 aromatic heterocycles. The highest BCUT2D eigenvalue weighted by Crippen LogP contribution is 2.18. The SMILES string of the molecule is C#C.COC(CCC(C)CO)COC(=O)Oc1ccc([N+](=O)[O-])cc1. The Labute approximate surface area is 146 Å². The highest BCUT2D eigenvalue weighted by Gasteiger charge is 2.14. The van der Waals surface area contributed by atoms with Gasteiger partial charge in [0.2, 0.25) is 0 Å². The van der Waals surface area contributed by atoms with Crippen LogP contribution in [-0.2, 0) is 9.47 Å². The summed E-state index contributed by atoms with van der Waals surface area (Å²) in [5, 5.41) is 19.5. The molecule has 1 aromatic carbocycles. The van der Waals surface area contributed by atoms with Crippen molar-refractivity contribution < 1.29 is 29.0 Å². The molecule has 0 saturated heterocycles. The Morgan fingerprint density at radius 3 is 2.36 bits per heavy atom. The number of non-ortho nitro benzene ring substituents is 1. The molecule has 2 atom stereocenters. The summed E-state index contributed by atoms with van der Waals surface area (Å²) in [5.41, 5.74) is -0.0943. The molecule has 0 bridgehead atoms. The largest absolute Gasteiger partial charge is 0.513 e. The molecule has 0 aliphatic carbocycles. The highest BCUT2D eigenvalue weighted by molar-refractivity contribution is 5.64. The second kappa shape index (κ2) is 12.8. The molecule has 0 saturated carbocycles. The molecule has 0 fully saturated rings. The molecule has 0 aliphatic heterocycles. The molecule has 8 heteroatoms. The first-order valence-electron chi connectivity index (χ1n) is 7.52. The molecule has 0 radical (unpaired) electrons. The zero-order valence-electron chi connectivity index (χ0n) is 14.3. The first-order chi connectivity index (χ1) is 12.0. The van der Waals surface area contributed by atoms with Crippen LogP contribution in [0.3, 0.4) is 0 Å². The van der Waals surface area contributed by atoms with Gasteiger partial charge in [0, 0.05) is 25.8 Å². The van der Waals surface area contributed by atoms with E-state index in [4.69, 9.17) is 19.3 Å². The number of ether oxygens (including phenoxy) is 3. The number of nitrogens with zero attached hydrogens (tertiary/aromatic N) is 1. The molecule has 1 aromatic rings. The molecule has 1 rings (SSSR count). The standard InChI is InChI=1S/C15H21NO7.C2H2/c1-11(9-17)3-6-14(21-2)10-22-15(18)23-13-7-4-12(5-8-13)16(19)20;1-2/h4-5,7-8,11,14,17H,3,6,9-10H2,1-2H3;1-2H. The van der Waals surface area contributed by atoms with E-state index in [2.05, 4.69) is 12.8 Å². The summed E-state index contributed by atoms with van der Waals surface area (Å²) in [7, 11) is 1.51. The van der Waals surface area contributed by atoms with Crippen molar-refractivity contribution in [2.24, 2.45) is 5.92 Å². The van der Waals surface area contributed by atoms with Gasteiger partial charge in [-0.05, 0) is 30.9 Å². The number of benzene rings is 1. The number of terminal acetylenes is 1. The number of carbonyl (C=O) groups excluding carboxylic acids is 1. The topological polar surface area (TPSA) is 108 Å². The van der Waals surface area contributed by atoms with Crippen LogP contribution in [0.1, 0.15) is 19.8 Å². The Kier molecular flexibility index (Phi) is 11.4. The van der Waals surface area contributed by atoms with E-state index in [9.17, 15) is 14.9 Å². The Morgan fingerprint density at radius 2 is 1.88 bits per heavy atom. The smallest absolute Gasteiger partial charge is 0.431 e. The fraction of sp³-hybridized carbons (Fsp3) is 0.471. The average Bonchev–Trinajstić information content (AvgIpc) is 2.63. The molecule has 0 amide bonds. The second-order valence-corrected chi connectivity index (χ2v) is 5.14. The molecule has 8 nitrogen and oxygen atoms in total. The number of carbonyl (C=O) groups is 1. The Hall–Kier alpha value is -2.63. The lowest BCUT2D eigenvalue weighted by atomic mass is 10.0. The van der Waals surface area contributed by atoms with E-state index in [0.717, 1.165) is 6.42 Å². The van der Waals surface area contributed by atoms with E-state index in [-0.39, 0.29) is 36.7 Å². The van der Waals surface area contributed by atoms with Crippen LogP contribution in [0.4, 0.5) is 10.5 Å². The van der Waals surface area contributed by atoms with Crippen molar-refractivity contribution in [3.05, 3.63) is 34.4 Å². The Balaban J connectivity index is 0.00000277. The van der Waals surface area contributed by atoms with Crippen molar-refractivity contribution in [1.29, 1.82) is 0 Å². The van der Waals surface area contributed by atoms with Gasteiger partial charge in [-0.15, -0.1) is 12.8 Å². The zero-order valence-corrected chi connectivity index (χ0v) is 14.3. The normalized spacial score (nSPS) is 12.2. The van der Waals surface area contributed by atoms with Gasteiger partial charge in [0.25, 0.3) is 5.69 Å². The van der Waals surface area contributed by atoms with Crippen LogP contribution in [0, 0.1) is 28.9 Å². The summed E-state index contributed by atoms with van der Waals surface area (Å²) in [6.45, 7) is 2.04. The minimum Gasteiger partial charge on any atom is -0.431 e. The van der Waals surface area contributed by atoms with Crippen LogP contribution in [-0.4, -0.2) is 42.6 Å². The van der Waals surface area contributed by atoms with Crippen LogP contribution < -0.4 is 4.74 Å². The van der Waals surface area contributed by atoms with E-state index in [1.54, 1.807) is 0 Å². The van der Waals surface area contributed by atoms with Crippen molar-refractivity contribution in [3.8, 4) is 18.6 Å². The third kappa shape index (κ3) is 9.30. The van der Waals surface area contributed by atoms with Gasteiger partial charge in [-0.25, -0.2) is 4.79 Å². The van der Waals surface area contributed by atoms with Gasteiger partial charge in [-0.2, -0.15) is 0 Å². The molecular formula is C17H23NO7. The minimum atomic E-state index is -0.906. The zero-order chi connectivity index (χ0) is 19.2. The molecule has 138 valence electrons. The fourth-order valence-corrected chi connectivity index (χ4v) is 1.75. The lowest BCUT2D eigenvalue weighted by Gasteiger charge is -2.16. The van der Waals surface area contributed by atoms with E-state index in [1.807, 2.05) is 6.92 Å². The molecular weight excluding hydrogens is 330 g/mol. The third-order valence-electron chi connectivity index (χ3n) is 3.26. The minimum absolute atomic E-state index is 0.0282. The summed E-state index contributed by atoms with van der Waals surface area (Å²) in [6.07, 6.45) is 8.20. The Morgan fingerprint density at radius 1 is 1.28 bits per heavy atom. The van der Waals surface area contributed by atoms with Gasteiger partial charge in [-0.3, -0.25) is 10.1 Å². The molecule has 0 aliphatic rings. The maximum Gasteiger partial charge on any atom is 0.513 e. The molecule has 1 N–H and O–H groups in total. The average molecular weight is 353 g/mol. The lowest BCUT2D eigenvalue weighted by molar-refractivity contribution is -0.384. The van der Waals surface area contributed by atoms with Gasteiger partial charge >= 0.3 is 6.16 Å². The maximum atomic E-state index is 11.6. The number of aliphatic hydroxyl groups is 1. The number of hydrogen-bond acceptors (Lipinski definition) is 7. The van der Waals surface area contributed by atoms with Crippen LogP contribution in [0.25, 0.3) is 0 Å². The van der Waals surface area contributed by atoms with E-state index in [0.29, 0.717) is 6.42 Å². The van der Waals surface area contributed by atoms with E-state index < -0.39 is 11.1 Å². The first kappa shape index (κ1) is 22.4. The van der Waals surface area contributed by atoms with Crippen molar-refractivity contribution in [1.82, 2.24) is 0 Å². The number of aliphatic hydroxyl groups excluding tert-OH is 1. The van der Waals surface area contributed by atoms with E-state index in [1.165, 1.54) is 31.4 Å². The summed E-state index contributed by atoms with van der Waals surface area (Å²) >= 11 is 0. The number of nitro benzene ring substituents is 1. The molecule has 25 heavy (non-hydrogen) atoms. The summed E-state index contributed by atoms with van der Waals surface area (Å²) in [4.78, 5) is 21.5. The van der Waals surface area contributed by atoms with Gasteiger partial charge in [-0.1, -0.05) is 6.92 Å². The van der Waals surface area contributed by atoms with Crippen LogP contribution in [0.15, 0.2) is 24.3 Å². The predicted molar refractivity (Wildman–Crippen MR) is 91.2 cm³/mol. The van der Waals surface area contributed by atoms with Gasteiger partial charge in [0.1, 0.15) is 12.4 Å². The monoisotopic (exact) mass is 353 g/mol.